The number of carboxylic acid groups (broad SMARTS) is 1. The van der Waals surface area contributed by atoms with E-state index in [0.717, 1.165) is 11.6 Å². The Balaban J connectivity index is 2.98. The number of rotatable bonds is 4. The van der Waals surface area contributed by atoms with Crippen molar-refractivity contribution in [2.24, 2.45) is 5.14 Å². The van der Waals surface area contributed by atoms with Crippen molar-refractivity contribution in [3.8, 4) is 0 Å². The molecule has 92 valence electrons. The molecule has 0 atom stereocenters. The van der Waals surface area contributed by atoms with E-state index in [9.17, 15) is 13.2 Å². The summed E-state index contributed by atoms with van der Waals surface area (Å²) in [5.41, 5.74) is 1.75. The molecule has 0 fully saturated rings. The molecule has 0 bridgehead atoms. The van der Waals surface area contributed by atoms with Crippen molar-refractivity contribution in [3.05, 3.63) is 35.4 Å². The first-order valence-corrected chi connectivity index (χ1v) is 6.15. The molecule has 0 spiro atoms. The van der Waals surface area contributed by atoms with Gasteiger partial charge in [-0.2, -0.15) is 8.42 Å². The van der Waals surface area contributed by atoms with Crippen LogP contribution in [0.2, 0.25) is 0 Å². The molecule has 1 aromatic carbocycles. The van der Waals surface area contributed by atoms with E-state index >= 15 is 0 Å². The summed E-state index contributed by atoms with van der Waals surface area (Å²) in [6, 6.07) is 4.66. The number of carboxylic acids is 1. The number of hydrogen-bond acceptors (Lipinski definition) is 3. The predicted octanol–water partition coefficient (Wildman–Crippen LogP) is 0.708. The second kappa shape index (κ2) is 4.98. The Labute approximate surface area is 98.9 Å². The topological polar surface area (TPSA) is 109 Å². The average molecular weight is 256 g/mol. The van der Waals surface area contributed by atoms with Crippen molar-refractivity contribution in [1.82, 2.24) is 0 Å². The lowest BCUT2D eigenvalue weighted by Crippen LogP contribution is -2.21. The highest BCUT2D eigenvalue weighted by atomic mass is 32.2. The van der Waals surface area contributed by atoms with Crippen molar-refractivity contribution >= 4 is 27.9 Å². The predicted molar refractivity (Wildman–Crippen MR) is 64.6 cm³/mol. The van der Waals surface area contributed by atoms with E-state index in [0.29, 0.717) is 11.3 Å². The largest absolute Gasteiger partial charge is 0.478 e. The van der Waals surface area contributed by atoms with E-state index in [-0.39, 0.29) is 0 Å². The second-order valence-corrected chi connectivity index (χ2v) is 4.68. The summed E-state index contributed by atoms with van der Waals surface area (Å²) in [4.78, 5) is 10.3. The Morgan fingerprint density at radius 3 is 2.59 bits per heavy atom. The molecule has 0 heterocycles. The molecule has 0 aliphatic heterocycles. The minimum absolute atomic E-state index is 0.331. The normalized spacial score (nSPS) is 11.6. The maximum atomic E-state index is 10.8. The quantitative estimate of drug-likeness (QED) is 0.689. The molecule has 6 nitrogen and oxygen atoms in total. The fourth-order valence-electron chi connectivity index (χ4n) is 1.25. The third-order valence-electron chi connectivity index (χ3n) is 1.94. The number of aliphatic carboxylic acids is 1. The molecule has 0 aliphatic rings. The third kappa shape index (κ3) is 4.66. The number of nitrogens with two attached hydrogens (primary N) is 1. The lowest BCUT2D eigenvalue weighted by Gasteiger charge is -2.06. The number of hydrogen-bond donors (Lipinski definition) is 3. The smallest absolute Gasteiger partial charge is 0.328 e. The van der Waals surface area contributed by atoms with Crippen LogP contribution in [-0.4, -0.2) is 19.5 Å². The van der Waals surface area contributed by atoms with Crippen LogP contribution in [0.5, 0.6) is 0 Å². The van der Waals surface area contributed by atoms with Gasteiger partial charge >= 0.3 is 5.97 Å². The summed E-state index contributed by atoms with van der Waals surface area (Å²) in [5.74, 6) is -1.05. The van der Waals surface area contributed by atoms with Crippen molar-refractivity contribution in [3.63, 3.8) is 0 Å². The van der Waals surface area contributed by atoms with Gasteiger partial charge in [0.05, 0.1) is 5.69 Å². The van der Waals surface area contributed by atoms with Crippen LogP contribution in [0.1, 0.15) is 11.1 Å². The fraction of sp³-hybridized carbons (Fsp3) is 0.100. The van der Waals surface area contributed by atoms with Gasteiger partial charge in [0.25, 0.3) is 10.2 Å². The molecule has 1 aromatic rings. The Bertz CT molecular complexity index is 564. The lowest BCUT2D eigenvalue weighted by atomic mass is 10.1. The van der Waals surface area contributed by atoms with Crippen LogP contribution < -0.4 is 9.86 Å². The fourth-order valence-corrected chi connectivity index (χ4v) is 1.71. The van der Waals surface area contributed by atoms with Gasteiger partial charge < -0.3 is 5.11 Å². The molecule has 0 amide bonds. The standard InChI is InChI=1S/C10H12N2O4S/c1-7-6-9(12-17(11,15)16)4-2-8(7)3-5-10(13)14/h2-6,12H,1H3,(H,13,14)(H2,11,15,16)/b5-3+. The molecule has 1 rings (SSSR count). The number of nitrogens with one attached hydrogen (secondary N) is 1. The molecule has 0 radical (unpaired) electrons. The summed E-state index contributed by atoms with van der Waals surface area (Å²) in [7, 11) is -3.79. The van der Waals surface area contributed by atoms with Crippen LogP contribution in [0.15, 0.2) is 24.3 Å². The highest BCUT2D eigenvalue weighted by Crippen LogP contribution is 2.16. The average Bonchev–Trinajstić information content (AvgIpc) is 2.13. The summed E-state index contributed by atoms with van der Waals surface area (Å²) in [5, 5.41) is 13.3. The molecule has 7 heteroatoms. The van der Waals surface area contributed by atoms with Crippen LogP contribution in [0, 0.1) is 6.92 Å². The highest BCUT2D eigenvalue weighted by Gasteiger charge is 2.03. The van der Waals surface area contributed by atoms with E-state index in [1.54, 1.807) is 19.1 Å². The maximum Gasteiger partial charge on any atom is 0.328 e. The Morgan fingerprint density at radius 2 is 2.12 bits per heavy atom. The zero-order chi connectivity index (χ0) is 13.1. The second-order valence-electron chi connectivity index (χ2n) is 3.39. The Morgan fingerprint density at radius 1 is 1.47 bits per heavy atom. The summed E-state index contributed by atoms with van der Waals surface area (Å²) in [6.45, 7) is 1.73. The van der Waals surface area contributed by atoms with E-state index in [2.05, 4.69) is 4.72 Å². The molecule has 0 unspecified atom stereocenters. The van der Waals surface area contributed by atoms with Gasteiger partial charge in [-0.15, -0.1) is 0 Å². The van der Waals surface area contributed by atoms with Crippen LogP contribution in [0.4, 0.5) is 5.69 Å². The minimum atomic E-state index is -3.79. The minimum Gasteiger partial charge on any atom is -0.478 e. The molecule has 0 saturated carbocycles. The van der Waals surface area contributed by atoms with Gasteiger partial charge in [-0.3, -0.25) is 4.72 Å². The Hall–Kier alpha value is -1.86. The first-order chi connectivity index (χ1) is 7.78. The van der Waals surface area contributed by atoms with E-state index < -0.39 is 16.2 Å². The van der Waals surface area contributed by atoms with E-state index in [1.165, 1.54) is 12.1 Å². The number of benzene rings is 1. The number of aryl methyl sites for hydroxylation is 1. The number of carbonyl (C=O) groups is 1. The molecule has 4 N–H and O–H groups in total. The highest BCUT2D eigenvalue weighted by molar-refractivity contribution is 7.90. The van der Waals surface area contributed by atoms with Gasteiger partial charge in [-0.25, -0.2) is 9.93 Å². The molecule has 17 heavy (non-hydrogen) atoms. The van der Waals surface area contributed by atoms with Gasteiger partial charge in [0.15, 0.2) is 0 Å². The van der Waals surface area contributed by atoms with Crippen molar-refractivity contribution in [2.45, 2.75) is 6.92 Å². The van der Waals surface area contributed by atoms with Crippen molar-refractivity contribution in [2.75, 3.05) is 4.72 Å². The van der Waals surface area contributed by atoms with Gasteiger partial charge in [0.1, 0.15) is 0 Å². The van der Waals surface area contributed by atoms with Crippen LogP contribution in [0.25, 0.3) is 6.08 Å². The SMILES string of the molecule is Cc1cc(NS(N)(=O)=O)ccc1/C=C/C(=O)O. The van der Waals surface area contributed by atoms with Crippen LogP contribution >= 0.6 is 0 Å². The zero-order valence-electron chi connectivity index (χ0n) is 9.04. The van der Waals surface area contributed by atoms with Gasteiger partial charge in [0.2, 0.25) is 0 Å². The van der Waals surface area contributed by atoms with Crippen molar-refractivity contribution < 1.29 is 18.3 Å². The monoisotopic (exact) mass is 256 g/mol. The molecule has 0 aliphatic carbocycles. The van der Waals surface area contributed by atoms with E-state index in [1.807, 2.05) is 0 Å². The van der Waals surface area contributed by atoms with Crippen LogP contribution in [-0.2, 0) is 15.0 Å². The third-order valence-corrected chi connectivity index (χ3v) is 2.46. The van der Waals surface area contributed by atoms with Crippen molar-refractivity contribution in [1.29, 1.82) is 0 Å². The molecule has 0 saturated heterocycles. The van der Waals surface area contributed by atoms with Gasteiger partial charge in [-0.05, 0) is 36.3 Å². The zero-order valence-corrected chi connectivity index (χ0v) is 9.86. The summed E-state index contributed by atoms with van der Waals surface area (Å²) >= 11 is 0. The maximum absolute atomic E-state index is 10.8. The molecular formula is C10H12N2O4S. The summed E-state index contributed by atoms with van der Waals surface area (Å²) in [6.07, 6.45) is 2.44. The molecular weight excluding hydrogens is 244 g/mol. The van der Waals surface area contributed by atoms with Gasteiger partial charge in [0, 0.05) is 6.08 Å². The van der Waals surface area contributed by atoms with E-state index in [4.69, 9.17) is 10.2 Å². The van der Waals surface area contributed by atoms with Gasteiger partial charge in [-0.1, -0.05) is 6.07 Å². The first-order valence-electron chi connectivity index (χ1n) is 4.60. The Kier molecular flexibility index (Phi) is 3.87. The van der Waals surface area contributed by atoms with Crippen LogP contribution in [0.3, 0.4) is 0 Å². The number of anilines is 1. The first kappa shape index (κ1) is 13.2. The summed E-state index contributed by atoms with van der Waals surface area (Å²) < 4.78 is 23.7. The molecule has 0 aromatic heterocycles. The lowest BCUT2D eigenvalue weighted by molar-refractivity contribution is -0.131.